The summed E-state index contributed by atoms with van der Waals surface area (Å²) < 4.78 is 5.97. The van der Waals surface area contributed by atoms with Gasteiger partial charge in [0.25, 0.3) is 0 Å². The van der Waals surface area contributed by atoms with Crippen molar-refractivity contribution >= 4 is 17.5 Å². The molecule has 1 fully saturated rings. The van der Waals surface area contributed by atoms with Gasteiger partial charge in [0.15, 0.2) is 0 Å². The smallest absolute Gasteiger partial charge is 0.227 e. The van der Waals surface area contributed by atoms with Crippen LogP contribution in [0.25, 0.3) is 0 Å². The van der Waals surface area contributed by atoms with E-state index in [1.807, 2.05) is 31.2 Å². The van der Waals surface area contributed by atoms with Crippen LogP contribution in [0.5, 0.6) is 0 Å². The fourth-order valence-electron chi connectivity index (χ4n) is 3.84. The van der Waals surface area contributed by atoms with Crippen LogP contribution in [0, 0.1) is 0 Å². The largest absolute Gasteiger partial charge is 0.424 e. The molecule has 3 aromatic rings. The monoisotopic (exact) mass is 425 g/mol. The number of amides is 1. The molecule has 0 aliphatic heterocycles. The molecule has 2 aromatic heterocycles. The molecule has 1 amide bonds. The zero-order valence-corrected chi connectivity index (χ0v) is 17.6. The summed E-state index contributed by atoms with van der Waals surface area (Å²) in [7, 11) is 0. The van der Waals surface area contributed by atoms with Crippen LogP contribution in [0.1, 0.15) is 55.6 Å². The first-order chi connectivity index (χ1) is 14.5. The molecule has 1 N–H and O–H groups in total. The summed E-state index contributed by atoms with van der Waals surface area (Å²) in [5.74, 6) is 1.06. The number of hydrogen-bond donors (Lipinski definition) is 1. The Balaban J connectivity index is 1.33. The van der Waals surface area contributed by atoms with Crippen LogP contribution in [0.3, 0.4) is 0 Å². The Kier molecular flexibility index (Phi) is 6.08. The third-order valence-electron chi connectivity index (χ3n) is 5.59. The molecule has 1 saturated carbocycles. The number of nitrogens with zero attached hydrogens (tertiary/aromatic N) is 4. The highest BCUT2D eigenvalue weighted by Gasteiger charge is 2.45. The number of aromatic nitrogens is 4. The predicted molar refractivity (Wildman–Crippen MR) is 112 cm³/mol. The second kappa shape index (κ2) is 8.92. The fourth-order valence-corrected chi connectivity index (χ4v) is 3.97. The van der Waals surface area contributed by atoms with Crippen LogP contribution >= 0.6 is 11.6 Å². The van der Waals surface area contributed by atoms with Crippen molar-refractivity contribution in [2.75, 3.05) is 0 Å². The fraction of sp³-hybridized carbons (Fsp3) is 0.409. The minimum Gasteiger partial charge on any atom is -0.424 e. The van der Waals surface area contributed by atoms with E-state index < -0.39 is 0 Å². The van der Waals surface area contributed by atoms with Gasteiger partial charge in [0.1, 0.15) is 0 Å². The first-order valence-corrected chi connectivity index (χ1v) is 10.6. The SMILES string of the molecule is CC(Cc1cnccn1)NC(=O)CCc1nnc(C2(c3ccc(Cl)cc3)CCC2)o1. The molecular weight excluding hydrogens is 402 g/mol. The van der Waals surface area contributed by atoms with E-state index in [1.54, 1.807) is 18.6 Å². The maximum absolute atomic E-state index is 12.3. The molecular formula is C22H24ClN5O2. The number of nitrogens with one attached hydrogen (secondary N) is 1. The molecule has 8 heteroatoms. The first kappa shape index (κ1) is 20.5. The minimum absolute atomic E-state index is 0.0319. The summed E-state index contributed by atoms with van der Waals surface area (Å²) >= 11 is 6.03. The van der Waals surface area contributed by atoms with E-state index in [0.29, 0.717) is 36.1 Å². The number of carbonyl (C=O) groups is 1. The zero-order chi connectivity index (χ0) is 21.0. The Morgan fingerprint density at radius 3 is 2.70 bits per heavy atom. The second-order valence-electron chi connectivity index (χ2n) is 7.81. The third kappa shape index (κ3) is 4.51. The van der Waals surface area contributed by atoms with E-state index in [1.165, 1.54) is 0 Å². The second-order valence-corrected chi connectivity index (χ2v) is 8.25. The minimum atomic E-state index is -0.233. The molecule has 1 aliphatic rings. The third-order valence-corrected chi connectivity index (χ3v) is 5.84. The lowest BCUT2D eigenvalue weighted by Crippen LogP contribution is -2.35. The molecule has 1 aromatic carbocycles. The number of carbonyl (C=O) groups excluding carboxylic acids is 1. The Morgan fingerprint density at radius 1 is 1.23 bits per heavy atom. The molecule has 1 unspecified atom stereocenters. The first-order valence-electron chi connectivity index (χ1n) is 10.2. The van der Waals surface area contributed by atoms with Crippen molar-refractivity contribution in [1.29, 1.82) is 0 Å². The lowest BCUT2D eigenvalue weighted by molar-refractivity contribution is -0.121. The summed E-state index contributed by atoms with van der Waals surface area (Å²) in [6.07, 6.45) is 9.38. The van der Waals surface area contributed by atoms with E-state index in [0.717, 1.165) is 30.5 Å². The van der Waals surface area contributed by atoms with Gasteiger partial charge in [-0.25, -0.2) is 0 Å². The van der Waals surface area contributed by atoms with Gasteiger partial charge in [-0.3, -0.25) is 14.8 Å². The van der Waals surface area contributed by atoms with Gasteiger partial charge in [-0.1, -0.05) is 30.2 Å². The molecule has 2 heterocycles. The van der Waals surface area contributed by atoms with Crippen LogP contribution in [0.2, 0.25) is 5.02 Å². The number of benzene rings is 1. The van der Waals surface area contributed by atoms with E-state index in [4.69, 9.17) is 16.0 Å². The summed E-state index contributed by atoms with van der Waals surface area (Å²) in [6.45, 7) is 1.95. The Hall–Kier alpha value is -2.80. The van der Waals surface area contributed by atoms with Crippen molar-refractivity contribution in [3.05, 3.63) is 70.9 Å². The summed E-state index contributed by atoms with van der Waals surface area (Å²) in [5, 5.41) is 12.2. The normalized spacial score (nSPS) is 15.9. The van der Waals surface area contributed by atoms with E-state index >= 15 is 0 Å². The maximum atomic E-state index is 12.3. The van der Waals surface area contributed by atoms with Gasteiger partial charge in [-0.2, -0.15) is 0 Å². The van der Waals surface area contributed by atoms with Crippen molar-refractivity contribution in [3.63, 3.8) is 0 Å². The highest BCUT2D eigenvalue weighted by atomic mass is 35.5. The number of aryl methyl sites for hydroxylation is 1. The number of rotatable bonds is 8. The average Bonchev–Trinajstić information content (AvgIpc) is 3.17. The van der Waals surface area contributed by atoms with Crippen LogP contribution < -0.4 is 5.32 Å². The lowest BCUT2D eigenvalue weighted by atomic mass is 9.64. The standard InChI is InChI=1S/C22H24ClN5O2/c1-15(13-18-14-24-11-12-25-18)26-19(29)7-8-20-27-28-21(30-20)22(9-2-10-22)16-3-5-17(23)6-4-16/h3-6,11-12,14-15H,2,7-10,13H2,1H3,(H,26,29). The Morgan fingerprint density at radius 2 is 2.03 bits per heavy atom. The van der Waals surface area contributed by atoms with Gasteiger partial charge in [-0.15, -0.1) is 10.2 Å². The van der Waals surface area contributed by atoms with Gasteiger partial charge in [-0.05, 0) is 37.5 Å². The quantitative estimate of drug-likeness (QED) is 0.591. The highest BCUT2D eigenvalue weighted by molar-refractivity contribution is 6.30. The summed E-state index contributed by atoms with van der Waals surface area (Å²) in [4.78, 5) is 20.6. The molecule has 4 rings (SSSR count). The van der Waals surface area contributed by atoms with Crippen molar-refractivity contribution in [2.24, 2.45) is 0 Å². The van der Waals surface area contributed by atoms with Crippen LogP contribution in [-0.4, -0.2) is 32.1 Å². The van der Waals surface area contributed by atoms with Crippen molar-refractivity contribution in [2.45, 2.75) is 56.9 Å². The average molecular weight is 426 g/mol. The maximum Gasteiger partial charge on any atom is 0.227 e. The van der Waals surface area contributed by atoms with Gasteiger partial charge < -0.3 is 9.73 Å². The predicted octanol–water partition coefficient (Wildman–Crippen LogP) is 3.66. The molecule has 156 valence electrons. The lowest BCUT2D eigenvalue weighted by Gasteiger charge is -2.39. The molecule has 0 spiro atoms. The molecule has 1 atom stereocenters. The molecule has 0 bridgehead atoms. The molecule has 0 radical (unpaired) electrons. The number of hydrogen-bond acceptors (Lipinski definition) is 6. The van der Waals surface area contributed by atoms with Gasteiger partial charge in [0.05, 0.1) is 11.1 Å². The molecule has 7 nitrogen and oxygen atoms in total. The van der Waals surface area contributed by atoms with Gasteiger partial charge >= 0.3 is 0 Å². The molecule has 30 heavy (non-hydrogen) atoms. The van der Waals surface area contributed by atoms with E-state index in [2.05, 4.69) is 25.5 Å². The van der Waals surface area contributed by atoms with Gasteiger partial charge in [0, 0.05) is 48.9 Å². The Bertz CT molecular complexity index is 986. The van der Waals surface area contributed by atoms with Crippen molar-refractivity contribution in [1.82, 2.24) is 25.5 Å². The van der Waals surface area contributed by atoms with E-state index in [9.17, 15) is 4.79 Å². The molecule has 0 saturated heterocycles. The summed E-state index contributed by atoms with van der Waals surface area (Å²) in [5.41, 5.74) is 1.76. The van der Waals surface area contributed by atoms with Crippen LogP contribution in [0.15, 0.2) is 47.3 Å². The van der Waals surface area contributed by atoms with E-state index in [-0.39, 0.29) is 17.4 Å². The Labute approximate surface area is 180 Å². The van der Waals surface area contributed by atoms with Crippen LogP contribution in [0.4, 0.5) is 0 Å². The molecule has 1 aliphatic carbocycles. The van der Waals surface area contributed by atoms with Gasteiger partial charge in [0.2, 0.25) is 17.7 Å². The summed E-state index contributed by atoms with van der Waals surface area (Å²) in [6, 6.07) is 7.80. The number of halogens is 1. The van der Waals surface area contributed by atoms with Crippen LogP contribution in [-0.2, 0) is 23.1 Å². The topological polar surface area (TPSA) is 93.8 Å². The zero-order valence-electron chi connectivity index (χ0n) is 16.8. The van der Waals surface area contributed by atoms with Crippen molar-refractivity contribution in [3.8, 4) is 0 Å². The van der Waals surface area contributed by atoms with Crippen molar-refractivity contribution < 1.29 is 9.21 Å². The highest BCUT2D eigenvalue weighted by Crippen LogP contribution is 2.48.